The van der Waals surface area contributed by atoms with Gasteiger partial charge in [-0.15, -0.1) is 0 Å². The van der Waals surface area contributed by atoms with E-state index in [2.05, 4.69) is 36.8 Å². The zero-order valence-electron chi connectivity index (χ0n) is 10.1. The molecule has 3 aromatic rings. The summed E-state index contributed by atoms with van der Waals surface area (Å²) < 4.78 is 15.4. The molecule has 0 saturated heterocycles. The predicted octanol–water partition coefficient (Wildman–Crippen LogP) is 5.06. The number of aromatic nitrogens is 1. The summed E-state index contributed by atoms with van der Waals surface area (Å²) in [5.74, 6) is -0.865. The fourth-order valence-corrected chi connectivity index (χ4v) is 2.82. The van der Waals surface area contributed by atoms with Crippen molar-refractivity contribution in [2.24, 2.45) is 0 Å². The number of hydrogen-bond donors (Lipinski definition) is 1. The van der Waals surface area contributed by atoms with Gasteiger partial charge in [-0.1, -0.05) is 31.9 Å². The molecule has 100 valence electrons. The van der Waals surface area contributed by atoms with Crippen molar-refractivity contribution in [3.63, 3.8) is 0 Å². The molecule has 5 heteroatoms. The lowest BCUT2D eigenvalue weighted by molar-refractivity contribution is 0.103. The molecule has 3 rings (SSSR count). The SMILES string of the molecule is O=C(c1cc(Br)ccc1F)c1c[nH]c2ccc(Br)cc12. The molecule has 0 radical (unpaired) electrons. The van der Waals surface area contributed by atoms with Crippen LogP contribution in [0, 0.1) is 5.82 Å². The maximum Gasteiger partial charge on any atom is 0.198 e. The summed E-state index contributed by atoms with van der Waals surface area (Å²) in [6.45, 7) is 0. The Morgan fingerprint density at radius 3 is 2.50 bits per heavy atom. The van der Waals surface area contributed by atoms with Crippen LogP contribution in [0.4, 0.5) is 4.39 Å². The van der Waals surface area contributed by atoms with E-state index in [1.54, 1.807) is 12.3 Å². The van der Waals surface area contributed by atoms with E-state index in [1.807, 2.05) is 18.2 Å². The number of carbonyl (C=O) groups excluding carboxylic acids is 1. The number of H-pyrrole nitrogens is 1. The molecule has 0 saturated carbocycles. The number of hydrogen-bond acceptors (Lipinski definition) is 1. The highest BCUT2D eigenvalue weighted by Crippen LogP contribution is 2.26. The summed E-state index contributed by atoms with van der Waals surface area (Å²) >= 11 is 6.63. The molecule has 1 heterocycles. The first-order chi connectivity index (χ1) is 9.56. The molecule has 0 spiro atoms. The van der Waals surface area contributed by atoms with E-state index >= 15 is 0 Å². The van der Waals surface area contributed by atoms with Gasteiger partial charge in [0.05, 0.1) is 5.56 Å². The number of rotatable bonds is 2. The predicted molar refractivity (Wildman–Crippen MR) is 83.5 cm³/mol. The van der Waals surface area contributed by atoms with Crippen LogP contribution in [0.1, 0.15) is 15.9 Å². The summed E-state index contributed by atoms with van der Waals surface area (Å²) in [6, 6.07) is 9.93. The minimum Gasteiger partial charge on any atom is -0.360 e. The molecule has 2 nitrogen and oxygen atoms in total. The molecule has 0 aliphatic carbocycles. The Kier molecular flexibility index (Phi) is 3.48. The van der Waals surface area contributed by atoms with E-state index in [0.717, 1.165) is 15.4 Å². The molecule has 0 aliphatic rings. The van der Waals surface area contributed by atoms with Gasteiger partial charge >= 0.3 is 0 Å². The quantitative estimate of drug-likeness (QED) is 0.603. The van der Waals surface area contributed by atoms with Gasteiger partial charge in [0.25, 0.3) is 0 Å². The Balaban J connectivity index is 2.17. The Bertz CT molecular complexity index is 826. The van der Waals surface area contributed by atoms with Gasteiger partial charge < -0.3 is 4.98 Å². The van der Waals surface area contributed by atoms with Crippen molar-refractivity contribution in [3.8, 4) is 0 Å². The molecule has 0 bridgehead atoms. The van der Waals surface area contributed by atoms with Crippen LogP contribution >= 0.6 is 31.9 Å². The van der Waals surface area contributed by atoms with E-state index in [1.165, 1.54) is 12.1 Å². The number of benzene rings is 2. The van der Waals surface area contributed by atoms with Crippen molar-refractivity contribution in [2.75, 3.05) is 0 Å². The Hall–Kier alpha value is -1.46. The third-order valence-electron chi connectivity index (χ3n) is 3.06. The smallest absolute Gasteiger partial charge is 0.198 e. The van der Waals surface area contributed by atoms with Gasteiger partial charge in [0, 0.05) is 31.6 Å². The molecule has 20 heavy (non-hydrogen) atoms. The molecule has 0 amide bonds. The molecule has 0 unspecified atom stereocenters. The topological polar surface area (TPSA) is 32.9 Å². The van der Waals surface area contributed by atoms with Crippen molar-refractivity contribution in [2.45, 2.75) is 0 Å². The van der Waals surface area contributed by atoms with Gasteiger partial charge in [-0.3, -0.25) is 4.79 Å². The average Bonchev–Trinajstić information content (AvgIpc) is 2.83. The number of carbonyl (C=O) groups is 1. The molecule has 0 atom stereocenters. The van der Waals surface area contributed by atoms with E-state index in [-0.39, 0.29) is 11.3 Å². The second-order valence-electron chi connectivity index (χ2n) is 4.35. The normalized spacial score (nSPS) is 10.9. The number of nitrogens with one attached hydrogen (secondary N) is 1. The third-order valence-corrected chi connectivity index (χ3v) is 4.05. The van der Waals surface area contributed by atoms with E-state index in [4.69, 9.17) is 0 Å². The van der Waals surface area contributed by atoms with Crippen LogP contribution in [0.5, 0.6) is 0 Å². The highest BCUT2D eigenvalue weighted by atomic mass is 79.9. The van der Waals surface area contributed by atoms with Crippen molar-refractivity contribution < 1.29 is 9.18 Å². The minimum atomic E-state index is -0.525. The van der Waals surface area contributed by atoms with Crippen LogP contribution in [0.2, 0.25) is 0 Å². The Morgan fingerprint density at radius 2 is 1.70 bits per heavy atom. The van der Waals surface area contributed by atoms with Crippen molar-refractivity contribution in [3.05, 3.63) is 68.5 Å². The molecule has 0 fully saturated rings. The number of fused-ring (bicyclic) bond motifs is 1. The maximum atomic E-state index is 13.8. The highest BCUT2D eigenvalue weighted by molar-refractivity contribution is 9.10. The van der Waals surface area contributed by atoms with Crippen molar-refractivity contribution >= 4 is 48.5 Å². The van der Waals surface area contributed by atoms with Gasteiger partial charge in [0.1, 0.15) is 5.82 Å². The first kappa shape index (κ1) is 13.5. The van der Waals surface area contributed by atoms with E-state index < -0.39 is 5.82 Å². The largest absolute Gasteiger partial charge is 0.360 e. The maximum absolute atomic E-state index is 13.8. The lowest BCUT2D eigenvalue weighted by atomic mass is 10.0. The number of aromatic amines is 1. The minimum absolute atomic E-state index is 0.0558. The number of ketones is 1. The van der Waals surface area contributed by atoms with Crippen LogP contribution in [-0.4, -0.2) is 10.8 Å². The zero-order chi connectivity index (χ0) is 14.3. The molecule has 2 aromatic carbocycles. The summed E-state index contributed by atoms with van der Waals surface area (Å²) in [4.78, 5) is 15.5. The first-order valence-electron chi connectivity index (χ1n) is 5.82. The third kappa shape index (κ3) is 2.31. The lowest BCUT2D eigenvalue weighted by Gasteiger charge is -2.03. The molecule has 1 aromatic heterocycles. The lowest BCUT2D eigenvalue weighted by Crippen LogP contribution is -2.03. The van der Waals surface area contributed by atoms with Gasteiger partial charge in [-0.05, 0) is 36.4 Å². The van der Waals surface area contributed by atoms with Crippen molar-refractivity contribution in [1.29, 1.82) is 0 Å². The van der Waals surface area contributed by atoms with Crippen molar-refractivity contribution in [1.82, 2.24) is 4.98 Å². The van der Waals surface area contributed by atoms with Gasteiger partial charge in [0.15, 0.2) is 5.78 Å². The van der Waals surface area contributed by atoms with Crippen LogP contribution in [-0.2, 0) is 0 Å². The molecule has 0 aliphatic heterocycles. The van der Waals surface area contributed by atoms with E-state index in [0.29, 0.717) is 10.0 Å². The van der Waals surface area contributed by atoms with Crippen LogP contribution in [0.3, 0.4) is 0 Å². The average molecular weight is 397 g/mol. The van der Waals surface area contributed by atoms with Gasteiger partial charge in [0.2, 0.25) is 0 Å². The summed E-state index contributed by atoms with van der Waals surface area (Å²) in [6.07, 6.45) is 1.61. The monoisotopic (exact) mass is 395 g/mol. The fourth-order valence-electron chi connectivity index (χ4n) is 2.10. The van der Waals surface area contributed by atoms with Crippen LogP contribution in [0.25, 0.3) is 10.9 Å². The Morgan fingerprint density at radius 1 is 1.00 bits per heavy atom. The molecular weight excluding hydrogens is 389 g/mol. The second kappa shape index (κ2) is 5.14. The fraction of sp³-hybridized carbons (Fsp3) is 0. The van der Waals surface area contributed by atoms with Crippen LogP contribution < -0.4 is 0 Å². The summed E-state index contributed by atoms with van der Waals surface area (Å²) in [5, 5.41) is 0.767. The van der Waals surface area contributed by atoms with Gasteiger partial charge in [-0.2, -0.15) is 0 Å². The molecule has 1 N–H and O–H groups in total. The second-order valence-corrected chi connectivity index (χ2v) is 6.18. The van der Waals surface area contributed by atoms with E-state index in [9.17, 15) is 9.18 Å². The van der Waals surface area contributed by atoms with Gasteiger partial charge in [-0.25, -0.2) is 4.39 Å². The number of halogens is 3. The summed E-state index contributed by atoms with van der Waals surface area (Å²) in [7, 11) is 0. The standard InChI is InChI=1S/C15H8Br2FNO/c16-8-1-3-13(18)11(6-8)15(20)12-7-19-14-4-2-9(17)5-10(12)14/h1-7,19H. The molecular formula is C15H8Br2FNO. The zero-order valence-corrected chi connectivity index (χ0v) is 13.3. The van der Waals surface area contributed by atoms with Crippen LogP contribution in [0.15, 0.2) is 51.5 Å². The Labute approximate surface area is 131 Å². The summed E-state index contributed by atoms with van der Waals surface area (Å²) in [5.41, 5.74) is 1.35. The highest BCUT2D eigenvalue weighted by Gasteiger charge is 2.18. The first-order valence-corrected chi connectivity index (χ1v) is 7.41.